The van der Waals surface area contributed by atoms with Crippen LogP contribution in [0.5, 0.6) is 0 Å². The lowest BCUT2D eigenvalue weighted by atomic mass is 10.0. The number of allylic oxidation sites excluding steroid dienone is 2. The largest absolute Gasteiger partial charge is 0.481 e. The molecule has 0 aromatic carbocycles. The highest BCUT2D eigenvalue weighted by Crippen LogP contribution is 2.19. The maximum Gasteiger partial charge on any atom is 0.306 e. The van der Waals surface area contributed by atoms with E-state index < -0.39 is 5.97 Å². The smallest absolute Gasteiger partial charge is 0.306 e. The first-order chi connectivity index (χ1) is 25.1. The van der Waals surface area contributed by atoms with Gasteiger partial charge in [-0.25, -0.2) is 0 Å². The molecule has 1 unspecified atom stereocenters. The lowest BCUT2D eigenvalue weighted by Gasteiger charge is -2.18. The summed E-state index contributed by atoms with van der Waals surface area (Å²) in [7, 11) is 0. The fourth-order valence-electron chi connectivity index (χ4n) is 7.30. The summed E-state index contributed by atoms with van der Waals surface area (Å²) in [5.41, 5.74) is 0. The van der Waals surface area contributed by atoms with Gasteiger partial charge < -0.3 is 9.84 Å². The standard InChI is InChI=1S/C47H90O4/c1-3-5-7-9-11-13-15-17-19-21-23-25-27-29-31-36-40-44-47(50)51-45(42-38-34-32-35-39-43-46(48)49)41-37-33-30-28-26-24-22-20-18-16-14-12-10-8-6-4-2/h17,19,45H,3-16,18,20-44H2,1-2H3,(H,48,49)/b19-17-. The molecule has 0 aliphatic heterocycles. The zero-order chi connectivity index (χ0) is 37.1. The van der Waals surface area contributed by atoms with E-state index in [1.807, 2.05) is 0 Å². The number of hydrogen-bond donors (Lipinski definition) is 1. The molecule has 0 aliphatic rings. The predicted octanol–water partition coefficient (Wildman–Crippen LogP) is 16.2. The molecule has 1 atom stereocenters. The fourth-order valence-corrected chi connectivity index (χ4v) is 7.30. The maximum atomic E-state index is 12.7. The van der Waals surface area contributed by atoms with Gasteiger partial charge in [0.1, 0.15) is 6.10 Å². The van der Waals surface area contributed by atoms with Crippen molar-refractivity contribution in [3.63, 3.8) is 0 Å². The SMILES string of the molecule is CCCCCCCC/C=C\CCCCCCCCCC(=O)OC(CCCCCCCCCCCCCCCCCC)CCCCCCCC(=O)O. The Balaban J connectivity index is 3.97. The first kappa shape index (κ1) is 49.7. The van der Waals surface area contributed by atoms with Crippen molar-refractivity contribution < 1.29 is 19.4 Å². The second-order valence-electron chi connectivity index (χ2n) is 15.9. The highest BCUT2D eigenvalue weighted by molar-refractivity contribution is 5.69. The lowest BCUT2D eigenvalue weighted by Crippen LogP contribution is -2.18. The topological polar surface area (TPSA) is 63.6 Å². The molecular weight excluding hydrogens is 629 g/mol. The monoisotopic (exact) mass is 719 g/mol. The molecule has 51 heavy (non-hydrogen) atoms. The molecule has 4 heteroatoms. The number of aliphatic carboxylic acids is 1. The molecule has 4 nitrogen and oxygen atoms in total. The van der Waals surface area contributed by atoms with Gasteiger partial charge in [0.2, 0.25) is 0 Å². The van der Waals surface area contributed by atoms with Crippen LogP contribution in [0.25, 0.3) is 0 Å². The van der Waals surface area contributed by atoms with Crippen LogP contribution >= 0.6 is 0 Å². The van der Waals surface area contributed by atoms with Crippen LogP contribution < -0.4 is 0 Å². The van der Waals surface area contributed by atoms with Crippen LogP contribution in [0.3, 0.4) is 0 Å². The first-order valence-corrected chi connectivity index (χ1v) is 23.2. The van der Waals surface area contributed by atoms with Gasteiger partial charge in [-0.05, 0) is 64.2 Å². The van der Waals surface area contributed by atoms with Gasteiger partial charge in [-0.15, -0.1) is 0 Å². The summed E-state index contributed by atoms with van der Waals surface area (Å²) in [6, 6.07) is 0. The van der Waals surface area contributed by atoms with Gasteiger partial charge in [0.05, 0.1) is 0 Å². The van der Waals surface area contributed by atoms with Crippen molar-refractivity contribution in [2.75, 3.05) is 0 Å². The third-order valence-electron chi connectivity index (χ3n) is 10.7. The van der Waals surface area contributed by atoms with E-state index >= 15 is 0 Å². The molecule has 0 aliphatic carbocycles. The number of carbonyl (C=O) groups excluding carboxylic acids is 1. The zero-order valence-corrected chi connectivity index (χ0v) is 34.7. The number of unbranched alkanes of at least 4 members (excludes halogenated alkanes) is 32. The third-order valence-corrected chi connectivity index (χ3v) is 10.7. The van der Waals surface area contributed by atoms with Gasteiger partial charge in [-0.2, -0.15) is 0 Å². The summed E-state index contributed by atoms with van der Waals surface area (Å²) in [6.07, 6.45) is 53.9. The van der Waals surface area contributed by atoms with E-state index in [0.29, 0.717) is 6.42 Å². The molecule has 0 saturated carbocycles. The van der Waals surface area contributed by atoms with Gasteiger partial charge in [-0.1, -0.05) is 206 Å². The summed E-state index contributed by atoms with van der Waals surface area (Å²) >= 11 is 0. The minimum absolute atomic E-state index is 0.00528. The predicted molar refractivity (Wildman–Crippen MR) is 223 cm³/mol. The molecule has 0 bridgehead atoms. The minimum atomic E-state index is -0.696. The number of rotatable bonds is 43. The highest BCUT2D eigenvalue weighted by atomic mass is 16.5. The van der Waals surface area contributed by atoms with Crippen molar-refractivity contribution in [2.24, 2.45) is 0 Å². The third kappa shape index (κ3) is 43.0. The van der Waals surface area contributed by atoms with Gasteiger partial charge in [0, 0.05) is 12.8 Å². The van der Waals surface area contributed by atoms with Crippen LogP contribution in [-0.2, 0) is 14.3 Å². The Kier molecular flexibility index (Phi) is 42.0. The van der Waals surface area contributed by atoms with Gasteiger partial charge >= 0.3 is 11.9 Å². The normalized spacial score (nSPS) is 12.2. The van der Waals surface area contributed by atoms with Crippen LogP contribution in [0.1, 0.15) is 271 Å². The summed E-state index contributed by atoms with van der Waals surface area (Å²) in [5.74, 6) is -0.691. The van der Waals surface area contributed by atoms with E-state index in [-0.39, 0.29) is 18.5 Å². The summed E-state index contributed by atoms with van der Waals surface area (Å²) < 4.78 is 6.04. The molecule has 0 heterocycles. The Morgan fingerprint density at radius 2 is 0.706 bits per heavy atom. The van der Waals surface area contributed by atoms with E-state index in [1.165, 1.54) is 180 Å². The quantitative estimate of drug-likeness (QED) is 0.0387. The van der Waals surface area contributed by atoms with E-state index in [2.05, 4.69) is 26.0 Å². The van der Waals surface area contributed by atoms with Gasteiger partial charge in [-0.3, -0.25) is 9.59 Å². The molecule has 1 N–H and O–H groups in total. The summed E-state index contributed by atoms with van der Waals surface area (Å²) in [6.45, 7) is 4.57. The van der Waals surface area contributed by atoms with Crippen molar-refractivity contribution in [3.8, 4) is 0 Å². The number of hydrogen-bond acceptors (Lipinski definition) is 3. The Labute approximate surface area is 319 Å². The molecule has 0 aromatic rings. The molecule has 0 spiro atoms. The second-order valence-corrected chi connectivity index (χ2v) is 15.9. The van der Waals surface area contributed by atoms with Gasteiger partial charge in [0.15, 0.2) is 0 Å². The van der Waals surface area contributed by atoms with E-state index in [9.17, 15) is 9.59 Å². The Morgan fingerprint density at radius 3 is 1.06 bits per heavy atom. The van der Waals surface area contributed by atoms with Crippen molar-refractivity contribution in [2.45, 2.75) is 277 Å². The van der Waals surface area contributed by atoms with Crippen molar-refractivity contribution >= 4 is 11.9 Å². The number of ether oxygens (including phenoxy) is 1. The van der Waals surface area contributed by atoms with Crippen molar-refractivity contribution in [3.05, 3.63) is 12.2 Å². The van der Waals surface area contributed by atoms with E-state index in [0.717, 1.165) is 64.2 Å². The summed E-state index contributed by atoms with van der Waals surface area (Å²) in [4.78, 5) is 23.5. The first-order valence-electron chi connectivity index (χ1n) is 23.2. The van der Waals surface area contributed by atoms with Crippen LogP contribution in [0, 0.1) is 0 Å². The average molecular weight is 719 g/mol. The van der Waals surface area contributed by atoms with Gasteiger partial charge in [0.25, 0.3) is 0 Å². The number of carbonyl (C=O) groups is 2. The number of carboxylic acid groups (broad SMARTS) is 1. The lowest BCUT2D eigenvalue weighted by molar-refractivity contribution is -0.150. The molecule has 0 radical (unpaired) electrons. The molecule has 0 amide bonds. The molecule has 0 aromatic heterocycles. The Bertz CT molecular complexity index is 732. The van der Waals surface area contributed by atoms with Crippen molar-refractivity contribution in [1.29, 1.82) is 0 Å². The minimum Gasteiger partial charge on any atom is -0.481 e. The van der Waals surface area contributed by atoms with Crippen LogP contribution in [-0.4, -0.2) is 23.1 Å². The Hall–Kier alpha value is -1.32. The van der Waals surface area contributed by atoms with Crippen LogP contribution in [0.15, 0.2) is 12.2 Å². The highest BCUT2D eigenvalue weighted by Gasteiger charge is 2.14. The Morgan fingerprint density at radius 1 is 0.412 bits per heavy atom. The number of esters is 1. The van der Waals surface area contributed by atoms with Crippen LogP contribution in [0.2, 0.25) is 0 Å². The maximum absolute atomic E-state index is 12.7. The molecule has 0 saturated heterocycles. The van der Waals surface area contributed by atoms with E-state index in [1.54, 1.807) is 0 Å². The average Bonchev–Trinajstić information content (AvgIpc) is 3.12. The van der Waals surface area contributed by atoms with E-state index in [4.69, 9.17) is 9.84 Å². The summed E-state index contributed by atoms with van der Waals surface area (Å²) in [5, 5.41) is 8.85. The molecule has 0 rings (SSSR count). The molecular formula is C47H90O4. The molecule has 0 fully saturated rings. The van der Waals surface area contributed by atoms with Crippen molar-refractivity contribution in [1.82, 2.24) is 0 Å². The molecule has 302 valence electrons. The number of carboxylic acids is 1. The zero-order valence-electron chi connectivity index (χ0n) is 34.7. The second kappa shape index (κ2) is 43.1. The fraction of sp³-hybridized carbons (Fsp3) is 0.915. The van der Waals surface area contributed by atoms with Crippen LogP contribution in [0.4, 0.5) is 0 Å².